The largest absolute Gasteiger partial charge is 0.369 e. The summed E-state index contributed by atoms with van der Waals surface area (Å²) in [6.07, 6.45) is 0.919. The first-order valence-corrected chi connectivity index (χ1v) is 9.67. The Morgan fingerprint density at radius 2 is 1.68 bits per heavy atom. The molecule has 1 atom stereocenters. The third kappa shape index (κ3) is 3.45. The van der Waals surface area contributed by atoms with E-state index in [9.17, 15) is 14.9 Å². The van der Waals surface area contributed by atoms with E-state index in [1.165, 1.54) is 5.56 Å². The van der Waals surface area contributed by atoms with Crippen molar-refractivity contribution >= 4 is 23.0 Å². The lowest BCUT2D eigenvalue weighted by Crippen LogP contribution is -2.54. The first-order chi connectivity index (χ1) is 13.5. The molecule has 7 heteroatoms. The van der Waals surface area contributed by atoms with Crippen molar-refractivity contribution in [1.29, 1.82) is 0 Å². The minimum atomic E-state index is -0.383. The second-order valence-corrected chi connectivity index (χ2v) is 7.34. The summed E-state index contributed by atoms with van der Waals surface area (Å²) in [7, 11) is 0. The quantitative estimate of drug-likeness (QED) is 0.603. The first-order valence-electron chi connectivity index (χ1n) is 9.67. The number of fused-ring (bicyclic) bond motifs is 1. The highest BCUT2D eigenvalue weighted by molar-refractivity contribution is 5.98. The number of nitrogens with zero attached hydrogens (tertiary/aromatic N) is 4. The van der Waals surface area contributed by atoms with Gasteiger partial charge in [0.15, 0.2) is 0 Å². The monoisotopic (exact) mass is 380 g/mol. The number of nitro benzene ring substituents is 1. The van der Waals surface area contributed by atoms with Crippen molar-refractivity contribution in [3.8, 4) is 0 Å². The van der Waals surface area contributed by atoms with Crippen LogP contribution in [0.4, 0.5) is 17.1 Å². The van der Waals surface area contributed by atoms with E-state index in [4.69, 9.17) is 0 Å². The first kappa shape index (κ1) is 18.4. The van der Waals surface area contributed by atoms with Gasteiger partial charge in [0, 0.05) is 56.2 Å². The highest BCUT2D eigenvalue weighted by Crippen LogP contribution is 2.29. The molecule has 0 aliphatic carbocycles. The summed E-state index contributed by atoms with van der Waals surface area (Å²) >= 11 is 0. The number of anilines is 2. The minimum Gasteiger partial charge on any atom is -0.369 e. The number of hydrogen-bond donors (Lipinski definition) is 0. The zero-order chi connectivity index (χ0) is 19.7. The van der Waals surface area contributed by atoms with Gasteiger partial charge in [-0.25, -0.2) is 0 Å². The number of carbonyl (C=O) groups is 1. The number of nitro groups is 1. The molecule has 2 aliphatic rings. The molecule has 28 heavy (non-hydrogen) atoms. The van der Waals surface area contributed by atoms with Crippen molar-refractivity contribution in [3.63, 3.8) is 0 Å². The van der Waals surface area contributed by atoms with Crippen molar-refractivity contribution in [2.45, 2.75) is 19.4 Å². The van der Waals surface area contributed by atoms with Gasteiger partial charge in [-0.05, 0) is 37.1 Å². The van der Waals surface area contributed by atoms with Crippen LogP contribution in [0.2, 0.25) is 0 Å². The van der Waals surface area contributed by atoms with Crippen LogP contribution in [0.5, 0.6) is 0 Å². The van der Waals surface area contributed by atoms with Crippen LogP contribution in [0.15, 0.2) is 48.5 Å². The molecule has 0 N–H and O–H groups in total. The number of hydrogen-bond acceptors (Lipinski definition) is 5. The third-order valence-corrected chi connectivity index (χ3v) is 5.80. The molecule has 2 aromatic carbocycles. The second-order valence-electron chi connectivity index (χ2n) is 7.34. The van der Waals surface area contributed by atoms with E-state index >= 15 is 0 Å². The molecule has 0 saturated carbocycles. The lowest BCUT2D eigenvalue weighted by atomic mass is 10.1. The maximum atomic E-state index is 13.1. The van der Waals surface area contributed by atoms with Crippen LogP contribution in [0, 0.1) is 10.1 Å². The Morgan fingerprint density at radius 3 is 2.36 bits per heavy atom. The van der Waals surface area contributed by atoms with Crippen molar-refractivity contribution in [2.24, 2.45) is 0 Å². The predicted molar refractivity (Wildman–Crippen MR) is 109 cm³/mol. The number of piperazine rings is 1. The Labute approximate surface area is 164 Å². The lowest BCUT2D eigenvalue weighted by molar-refractivity contribution is -0.384. The molecule has 2 aliphatic heterocycles. The second kappa shape index (κ2) is 7.59. The molecule has 1 fully saturated rings. The number of rotatable bonds is 4. The third-order valence-electron chi connectivity index (χ3n) is 5.80. The summed E-state index contributed by atoms with van der Waals surface area (Å²) in [6, 6.07) is 14.6. The van der Waals surface area contributed by atoms with E-state index in [0.29, 0.717) is 0 Å². The van der Waals surface area contributed by atoms with Gasteiger partial charge in [0.1, 0.15) is 0 Å². The average molecular weight is 380 g/mol. The highest BCUT2D eigenvalue weighted by atomic mass is 16.6. The topological polar surface area (TPSA) is 69.9 Å². The Hall–Kier alpha value is -2.93. The molecule has 1 amide bonds. The van der Waals surface area contributed by atoms with E-state index in [1.54, 1.807) is 24.3 Å². The molecule has 2 heterocycles. The van der Waals surface area contributed by atoms with Crippen molar-refractivity contribution in [2.75, 3.05) is 42.5 Å². The summed E-state index contributed by atoms with van der Waals surface area (Å²) in [5, 5.41) is 10.8. The SMILES string of the molecule is C[C@H](C(=O)N1CCc2ccccc21)N1CCN(c2ccc([N+](=O)[O-])cc2)CC1. The Bertz CT molecular complexity index is 875. The molecule has 146 valence electrons. The number of para-hydroxylation sites is 1. The van der Waals surface area contributed by atoms with Gasteiger partial charge in [0.25, 0.3) is 5.69 Å². The van der Waals surface area contributed by atoms with E-state index in [1.807, 2.05) is 30.0 Å². The minimum absolute atomic E-state index is 0.104. The van der Waals surface area contributed by atoms with Crippen LogP contribution >= 0.6 is 0 Å². The van der Waals surface area contributed by atoms with E-state index in [-0.39, 0.29) is 22.6 Å². The van der Waals surface area contributed by atoms with Gasteiger partial charge in [-0.15, -0.1) is 0 Å². The molecular formula is C21H24N4O3. The molecule has 7 nitrogen and oxygen atoms in total. The van der Waals surface area contributed by atoms with Gasteiger partial charge >= 0.3 is 0 Å². The van der Waals surface area contributed by atoms with Crippen molar-refractivity contribution in [1.82, 2.24) is 4.90 Å². The molecule has 1 saturated heterocycles. The fourth-order valence-corrected chi connectivity index (χ4v) is 4.10. The van der Waals surface area contributed by atoms with Crippen LogP contribution in [0.25, 0.3) is 0 Å². The molecule has 2 aromatic rings. The molecular weight excluding hydrogens is 356 g/mol. The summed E-state index contributed by atoms with van der Waals surface area (Å²) in [5.41, 5.74) is 3.38. The standard InChI is InChI=1S/C21H24N4O3/c1-16(21(26)24-11-10-17-4-2-3-5-20(17)24)22-12-14-23(15-13-22)18-6-8-19(9-7-18)25(27)28/h2-9,16H,10-15H2,1H3/t16-/m1/s1. The molecule has 0 bridgehead atoms. The summed E-state index contributed by atoms with van der Waals surface area (Å²) in [5.74, 6) is 0.161. The van der Waals surface area contributed by atoms with Gasteiger partial charge in [-0.2, -0.15) is 0 Å². The van der Waals surface area contributed by atoms with Crippen LogP contribution in [-0.2, 0) is 11.2 Å². The Balaban J connectivity index is 1.37. The Morgan fingerprint density at radius 1 is 1.00 bits per heavy atom. The predicted octanol–water partition coefficient (Wildman–Crippen LogP) is 2.69. The van der Waals surface area contributed by atoms with Crippen LogP contribution in [-0.4, -0.2) is 54.5 Å². The maximum absolute atomic E-state index is 13.1. The smallest absolute Gasteiger partial charge is 0.269 e. The van der Waals surface area contributed by atoms with Gasteiger partial charge in [-0.1, -0.05) is 18.2 Å². The normalized spacial score (nSPS) is 18.0. The van der Waals surface area contributed by atoms with Crippen LogP contribution in [0.3, 0.4) is 0 Å². The van der Waals surface area contributed by atoms with Crippen molar-refractivity contribution < 1.29 is 9.72 Å². The van der Waals surface area contributed by atoms with Crippen LogP contribution in [0.1, 0.15) is 12.5 Å². The number of non-ortho nitro benzene ring substituents is 1. The molecule has 0 spiro atoms. The average Bonchev–Trinajstić information content (AvgIpc) is 3.17. The lowest BCUT2D eigenvalue weighted by Gasteiger charge is -2.39. The number of amides is 1. The zero-order valence-corrected chi connectivity index (χ0v) is 16.0. The molecule has 4 rings (SSSR count). The fraction of sp³-hybridized carbons (Fsp3) is 0.381. The summed E-state index contributed by atoms with van der Waals surface area (Å²) in [6.45, 7) is 5.92. The summed E-state index contributed by atoms with van der Waals surface area (Å²) in [4.78, 5) is 29.8. The number of benzene rings is 2. The molecule has 0 radical (unpaired) electrons. The number of carbonyl (C=O) groups excluding carboxylic acids is 1. The van der Waals surface area contributed by atoms with E-state index < -0.39 is 0 Å². The van der Waals surface area contributed by atoms with E-state index in [0.717, 1.165) is 50.5 Å². The van der Waals surface area contributed by atoms with Gasteiger partial charge in [0.2, 0.25) is 5.91 Å². The van der Waals surface area contributed by atoms with Gasteiger partial charge in [-0.3, -0.25) is 19.8 Å². The van der Waals surface area contributed by atoms with Gasteiger partial charge < -0.3 is 9.80 Å². The molecule has 0 aromatic heterocycles. The fourth-order valence-electron chi connectivity index (χ4n) is 4.10. The van der Waals surface area contributed by atoms with E-state index in [2.05, 4.69) is 15.9 Å². The highest BCUT2D eigenvalue weighted by Gasteiger charge is 2.32. The van der Waals surface area contributed by atoms with Crippen LogP contribution < -0.4 is 9.80 Å². The van der Waals surface area contributed by atoms with Crippen molar-refractivity contribution in [3.05, 3.63) is 64.2 Å². The molecule has 0 unspecified atom stereocenters. The Kier molecular flexibility index (Phi) is 5.00. The zero-order valence-electron chi connectivity index (χ0n) is 16.0. The maximum Gasteiger partial charge on any atom is 0.269 e. The van der Waals surface area contributed by atoms with Gasteiger partial charge in [0.05, 0.1) is 11.0 Å². The summed E-state index contributed by atoms with van der Waals surface area (Å²) < 4.78 is 0.